The van der Waals surface area contributed by atoms with Crippen molar-refractivity contribution >= 4 is 10.9 Å². The molecule has 1 aromatic carbocycles. The van der Waals surface area contributed by atoms with Crippen molar-refractivity contribution in [2.75, 3.05) is 26.7 Å². The van der Waals surface area contributed by atoms with Crippen LogP contribution in [0.1, 0.15) is 18.5 Å². The first kappa shape index (κ1) is 16.1. The summed E-state index contributed by atoms with van der Waals surface area (Å²) in [5.41, 5.74) is 4.18. The van der Waals surface area contributed by atoms with E-state index in [0.717, 1.165) is 46.6 Å². The molecule has 1 fully saturated rings. The van der Waals surface area contributed by atoms with Crippen LogP contribution in [0.2, 0.25) is 0 Å². The number of aryl methyl sites for hydroxylation is 1. The van der Waals surface area contributed by atoms with Crippen LogP contribution in [0.3, 0.4) is 0 Å². The van der Waals surface area contributed by atoms with Gasteiger partial charge in [0, 0.05) is 29.4 Å². The van der Waals surface area contributed by atoms with E-state index >= 15 is 0 Å². The van der Waals surface area contributed by atoms with E-state index in [9.17, 15) is 0 Å². The van der Waals surface area contributed by atoms with Crippen LogP contribution in [0.4, 0.5) is 0 Å². The van der Waals surface area contributed by atoms with E-state index in [1.165, 1.54) is 25.9 Å². The number of pyridine rings is 1. The van der Waals surface area contributed by atoms with E-state index in [1.54, 1.807) is 7.11 Å². The Morgan fingerprint density at radius 1 is 1.16 bits per heavy atom. The molecule has 0 unspecified atom stereocenters. The van der Waals surface area contributed by atoms with Gasteiger partial charge in [0.15, 0.2) is 0 Å². The number of hydrogen-bond acceptors (Lipinski definition) is 4. The summed E-state index contributed by atoms with van der Waals surface area (Å²) in [6.07, 6.45) is 6.75. The number of hydrogen-bond donors (Lipinski definition) is 0. The molecule has 0 spiro atoms. The molecule has 2 aromatic heterocycles. The Labute approximate surface area is 148 Å². The lowest BCUT2D eigenvalue weighted by Crippen LogP contribution is -2.24. The number of methoxy groups -OCH3 is 1. The van der Waals surface area contributed by atoms with Gasteiger partial charge in [-0.15, -0.1) is 0 Å². The van der Waals surface area contributed by atoms with Crippen molar-refractivity contribution in [2.45, 2.75) is 26.3 Å². The summed E-state index contributed by atoms with van der Waals surface area (Å²) >= 11 is 0. The maximum absolute atomic E-state index is 5.49. The van der Waals surface area contributed by atoms with Crippen LogP contribution in [0.15, 0.2) is 36.7 Å². The number of likely N-dealkylation sites (tertiary alicyclic amines) is 1. The smallest absolute Gasteiger partial charge is 0.145 e. The second-order valence-corrected chi connectivity index (χ2v) is 6.71. The van der Waals surface area contributed by atoms with Crippen molar-refractivity contribution in [3.05, 3.63) is 42.4 Å². The van der Waals surface area contributed by atoms with Crippen molar-refractivity contribution in [3.8, 4) is 16.9 Å². The number of rotatable bonds is 5. The van der Waals surface area contributed by atoms with Crippen LogP contribution in [0.25, 0.3) is 22.0 Å². The Hall–Kier alpha value is -2.40. The first-order chi connectivity index (χ1) is 12.2. The van der Waals surface area contributed by atoms with Gasteiger partial charge in [-0.1, -0.05) is 12.1 Å². The fourth-order valence-electron chi connectivity index (χ4n) is 3.63. The van der Waals surface area contributed by atoms with Crippen molar-refractivity contribution in [3.63, 3.8) is 0 Å². The van der Waals surface area contributed by atoms with Gasteiger partial charge in [-0.2, -0.15) is 5.10 Å². The van der Waals surface area contributed by atoms with Gasteiger partial charge >= 0.3 is 0 Å². The van der Waals surface area contributed by atoms with Crippen LogP contribution < -0.4 is 4.74 Å². The van der Waals surface area contributed by atoms with Crippen LogP contribution in [-0.2, 0) is 6.54 Å². The third-order valence-electron chi connectivity index (χ3n) is 4.94. The quantitative estimate of drug-likeness (QED) is 0.715. The standard InChI is InChI=1S/C20H24N4O/c1-15-12-18(17-6-5-7-19(25-2)20(17)22-15)16-13-21-24(14-16)11-10-23-8-3-4-9-23/h5-7,12-14H,3-4,8-11H2,1-2H3. The molecular weight excluding hydrogens is 312 g/mol. The molecule has 3 aromatic rings. The maximum Gasteiger partial charge on any atom is 0.145 e. The molecule has 5 nitrogen and oxygen atoms in total. The average Bonchev–Trinajstić information content (AvgIpc) is 3.30. The lowest BCUT2D eigenvalue weighted by molar-refractivity contribution is 0.316. The third-order valence-corrected chi connectivity index (χ3v) is 4.94. The Morgan fingerprint density at radius 3 is 2.80 bits per heavy atom. The monoisotopic (exact) mass is 336 g/mol. The predicted octanol–water partition coefficient (Wildman–Crippen LogP) is 3.51. The Balaban J connectivity index is 1.65. The zero-order valence-corrected chi connectivity index (χ0v) is 14.9. The fourth-order valence-corrected chi connectivity index (χ4v) is 3.63. The molecule has 0 amide bonds. The zero-order valence-electron chi connectivity index (χ0n) is 14.9. The van der Waals surface area contributed by atoms with Crippen molar-refractivity contribution in [1.29, 1.82) is 0 Å². The highest BCUT2D eigenvalue weighted by molar-refractivity contribution is 5.97. The highest BCUT2D eigenvalue weighted by Crippen LogP contribution is 2.32. The minimum Gasteiger partial charge on any atom is -0.494 e. The van der Waals surface area contributed by atoms with Gasteiger partial charge in [0.05, 0.1) is 19.9 Å². The second kappa shape index (κ2) is 6.84. The number of fused-ring (bicyclic) bond motifs is 1. The number of ether oxygens (including phenoxy) is 1. The Kier molecular flexibility index (Phi) is 4.40. The van der Waals surface area contributed by atoms with Gasteiger partial charge in [-0.3, -0.25) is 4.68 Å². The van der Waals surface area contributed by atoms with Crippen LogP contribution in [-0.4, -0.2) is 46.4 Å². The summed E-state index contributed by atoms with van der Waals surface area (Å²) < 4.78 is 7.54. The molecule has 130 valence electrons. The molecule has 0 N–H and O–H groups in total. The van der Waals surface area contributed by atoms with E-state index in [-0.39, 0.29) is 0 Å². The first-order valence-electron chi connectivity index (χ1n) is 8.94. The summed E-state index contributed by atoms with van der Waals surface area (Å²) in [5.74, 6) is 0.809. The molecule has 4 rings (SSSR count). The molecule has 0 bridgehead atoms. The van der Waals surface area contributed by atoms with Crippen LogP contribution in [0.5, 0.6) is 5.75 Å². The summed E-state index contributed by atoms with van der Waals surface area (Å²) in [6, 6.07) is 8.20. The molecule has 1 aliphatic rings. The van der Waals surface area contributed by atoms with E-state index < -0.39 is 0 Å². The molecular formula is C20H24N4O. The molecule has 25 heavy (non-hydrogen) atoms. The van der Waals surface area contributed by atoms with Gasteiger partial charge in [0.25, 0.3) is 0 Å². The van der Waals surface area contributed by atoms with Crippen molar-refractivity contribution in [1.82, 2.24) is 19.7 Å². The summed E-state index contributed by atoms with van der Waals surface area (Å²) in [5, 5.41) is 5.67. The minimum absolute atomic E-state index is 0.809. The number of aromatic nitrogens is 3. The molecule has 0 aliphatic carbocycles. The highest BCUT2D eigenvalue weighted by Gasteiger charge is 2.13. The van der Waals surface area contributed by atoms with Gasteiger partial charge in [-0.25, -0.2) is 4.98 Å². The van der Waals surface area contributed by atoms with E-state index in [4.69, 9.17) is 4.74 Å². The first-order valence-corrected chi connectivity index (χ1v) is 8.94. The predicted molar refractivity (Wildman–Crippen MR) is 99.9 cm³/mol. The topological polar surface area (TPSA) is 43.2 Å². The summed E-state index contributed by atoms with van der Waals surface area (Å²) in [7, 11) is 1.69. The van der Waals surface area contributed by atoms with E-state index in [2.05, 4.69) is 38.0 Å². The van der Waals surface area contributed by atoms with Gasteiger partial charge in [-0.05, 0) is 50.6 Å². The van der Waals surface area contributed by atoms with Crippen molar-refractivity contribution in [2.24, 2.45) is 0 Å². The molecule has 3 heterocycles. The van der Waals surface area contributed by atoms with E-state index in [0.29, 0.717) is 0 Å². The molecule has 1 saturated heterocycles. The summed E-state index contributed by atoms with van der Waals surface area (Å²) in [6.45, 7) is 6.48. The number of nitrogens with zero attached hydrogens (tertiary/aromatic N) is 4. The Morgan fingerprint density at radius 2 is 2.00 bits per heavy atom. The maximum atomic E-state index is 5.49. The number of para-hydroxylation sites is 1. The van der Waals surface area contributed by atoms with Gasteiger partial charge in [0.2, 0.25) is 0 Å². The Bertz CT molecular complexity index is 881. The number of benzene rings is 1. The van der Waals surface area contributed by atoms with E-state index in [1.807, 2.05) is 25.3 Å². The van der Waals surface area contributed by atoms with Gasteiger partial charge < -0.3 is 9.64 Å². The molecule has 5 heteroatoms. The average molecular weight is 336 g/mol. The zero-order chi connectivity index (χ0) is 17.2. The molecule has 0 radical (unpaired) electrons. The van der Waals surface area contributed by atoms with Crippen LogP contribution in [0, 0.1) is 6.92 Å². The molecule has 0 atom stereocenters. The highest BCUT2D eigenvalue weighted by atomic mass is 16.5. The molecule has 0 saturated carbocycles. The van der Waals surface area contributed by atoms with Crippen LogP contribution >= 0.6 is 0 Å². The molecule has 1 aliphatic heterocycles. The largest absolute Gasteiger partial charge is 0.494 e. The van der Waals surface area contributed by atoms with Gasteiger partial charge in [0.1, 0.15) is 11.3 Å². The second-order valence-electron chi connectivity index (χ2n) is 6.71. The lowest BCUT2D eigenvalue weighted by atomic mass is 10.0. The summed E-state index contributed by atoms with van der Waals surface area (Å²) in [4.78, 5) is 7.18. The minimum atomic E-state index is 0.809. The normalized spacial score (nSPS) is 15.1. The SMILES string of the molecule is COc1cccc2c(-c3cnn(CCN4CCCC4)c3)cc(C)nc12. The van der Waals surface area contributed by atoms with Crippen molar-refractivity contribution < 1.29 is 4.74 Å². The lowest BCUT2D eigenvalue weighted by Gasteiger charge is -2.13. The third kappa shape index (κ3) is 3.24. The fraction of sp³-hybridized carbons (Fsp3) is 0.400.